The van der Waals surface area contributed by atoms with Crippen LogP contribution in [0.3, 0.4) is 0 Å². The summed E-state index contributed by atoms with van der Waals surface area (Å²) in [5.74, 6) is 0.161. The average molecular weight is 370 g/mol. The molecule has 2 heterocycles. The predicted octanol–water partition coefficient (Wildman–Crippen LogP) is 3.97. The second-order valence-corrected chi connectivity index (χ2v) is 6.18. The molecule has 28 heavy (non-hydrogen) atoms. The Kier molecular flexibility index (Phi) is 4.84. The first-order valence-electron chi connectivity index (χ1n) is 8.79. The van der Waals surface area contributed by atoms with Crippen LogP contribution in [-0.4, -0.2) is 20.4 Å². The van der Waals surface area contributed by atoms with E-state index in [0.717, 1.165) is 16.8 Å². The second kappa shape index (κ2) is 7.75. The Balaban J connectivity index is 1.72. The smallest absolute Gasteiger partial charge is 0.283 e. The van der Waals surface area contributed by atoms with Crippen LogP contribution in [0.2, 0.25) is 0 Å². The Morgan fingerprint density at radius 1 is 1.04 bits per heavy atom. The Hall–Kier alpha value is -3.93. The minimum atomic E-state index is -0.327. The summed E-state index contributed by atoms with van der Waals surface area (Å²) in [6.45, 7) is 1.92. The van der Waals surface area contributed by atoms with Crippen LogP contribution in [0.1, 0.15) is 15.9 Å². The lowest BCUT2D eigenvalue weighted by atomic mass is 10.1. The van der Waals surface area contributed by atoms with E-state index < -0.39 is 0 Å². The molecule has 0 radical (unpaired) electrons. The van der Waals surface area contributed by atoms with Gasteiger partial charge in [0.1, 0.15) is 5.69 Å². The van der Waals surface area contributed by atoms with Crippen LogP contribution in [0.4, 0.5) is 0 Å². The van der Waals surface area contributed by atoms with Crippen LogP contribution in [0.5, 0.6) is 5.75 Å². The number of nitrogens with one attached hydrogen (secondary N) is 1. The lowest BCUT2D eigenvalue weighted by Crippen LogP contribution is -2.27. The van der Waals surface area contributed by atoms with E-state index in [1.165, 1.54) is 0 Å². The van der Waals surface area contributed by atoms with Crippen molar-refractivity contribution in [2.24, 2.45) is 0 Å². The molecule has 1 N–H and O–H groups in total. The molecule has 0 spiro atoms. The maximum absolute atomic E-state index is 12.4. The van der Waals surface area contributed by atoms with Crippen molar-refractivity contribution >= 4 is 5.91 Å². The zero-order chi connectivity index (χ0) is 19.3. The molecule has 0 atom stereocenters. The van der Waals surface area contributed by atoms with Crippen molar-refractivity contribution in [1.82, 2.24) is 20.0 Å². The van der Waals surface area contributed by atoms with Gasteiger partial charge < -0.3 is 9.40 Å². The van der Waals surface area contributed by atoms with Gasteiger partial charge in [-0.1, -0.05) is 48.5 Å². The van der Waals surface area contributed by atoms with E-state index in [4.69, 9.17) is 4.84 Å². The van der Waals surface area contributed by atoms with Crippen LogP contribution in [0.25, 0.3) is 16.9 Å². The van der Waals surface area contributed by atoms with Crippen LogP contribution < -0.4 is 10.3 Å². The van der Waals surface area contributed by atoms with E-state index in [1.807, 2.05) is 54.1 Å². The van der Waals surface area contributed by atoms with Gasteiger partial charge in [-0.25, -0.2) is 9.97 Å². The highest BCUT2D eigenvalue weighted by Gasteiger charge is 2.17. The van der Waals surface area contributed by atoms with Gasteiger partial charge in [0.25, 0.3) is 5.91 Å². The number of pyridine rings is 1. The highest BCUT2D eigenvalue weighted by molar-refractivity contribution is 5.93. The number of carbonyl (C=O) groups excluding carboxylic acids is 1. The third-order valence-electron chi connectivity index (χ3n) is 4.37. The van der Waals surface area contributed by atoms with Crippen molar-refractivity contribution in [2.75, 3.05) is 0 Å². The predicted molar refractivity (Wildman–Crippen MR) is 106 cm³/mol. The van der Waals surface area contributed by atoms with Crippen molar-refractivity contribution in [3.05, 3.63) is 96.7 Å². The van der Waals surface area contributed by atoms with E-state index in [9.17, 15) is 4.79 Å². The Morgan fingerprint density at radius 3 is 2.43 bits per heavy atom. The van der Waals surface area contributed by atoms with Gasteiger partial charge >= 0.3 is 0 Å². The van der Waals surface area contributed by atoms with Crippen LogP contribution >= 0.6 is 0 Å². The molecule has 1 amide bonds. The number of benzene rings is 2. The van der Waals surface area contributed by atoms with E-state index >= 15 is 0 Å². The average Bonchev–Trinajstić information content (AvgIpc) is 3.28. The molecule has 6 nitrogen and oxygen atoms in total. The number of hydroxylamine groups is 1. The number of aromatic nitrogens is 3. The monoisotopic (exact) mass is 370 g/mol. The minimum absolute atomic E-state index is 0.327. The normalized spacial score (nSPS) is 10.5. The molecule has 0 aliphatic carbocycles. The van der Waals surface area contributed by atoms with Gasteiger partial charge in [0, 0.05) is 29.1 Å². The van der Waals surface area contributed by atoms with Crippen molar-refractivity contribution < 1.29 is 9.63 Å². The molecule has 0 saturated heterocycles. The fourth-order valence-electron chi connectivity index (χ4n) is 2.91. The molecular weight excluding hydrogens is 352 g/mol. The molecule has 0 saturated carbocycles. The molecule has 6 heteroatoms. The summed E-state index contributed by atoms with van der Waals surface area (Å²) in [5.41, 5.74) is 6.25. The van der Waals surface area contributed by atoms with Crippen molar-refractivity contribution in [1.29, 1.82) is 0 Å². The number of hydrogen-bond donors (Lipinski definition) is 1. The van der Waals surface area contributed by atoms with Gasteiger partial charge in [0.05, 0.1) is 18.2 Å². The summed E-state index contributed by atoms with van der Waals surface area (Å²) in [7, 11) is 0. The first-order chi connectivity index (χ1) is 13.7. The van der Waals surface area contributed by atoms with Gasteiger partial charge in [0.15, 0.2) is 5.75 Å². The SMILES string of the molecule is Cc1c(-n2ccnc2)cnc(-c2ccccc2)c1ONC(=O)c1ccccc1. The highest BCUT2D eigenvalue weighted by Crippen LogP contribution is 2.33. The second-order valence-electron chi connectivity index (χ2n) is 6.18. The molecule has 0 unspecified atom stereocenters. The lowest BCUT2D eigenvalue weighted by Gasteiger charge is -2.16. The molecule has 138 valence electrons. The van der Waals surface area contributed by atoms with Crippen LogP contribution in [0.15, 0.2) is 85.6 Å². The third-order valence-corrected chi connectivity index (χ3v) is 4.37. The number of imidazole rings is 1. The molecule has 0 bridgehead atoms. The zero-order valence-electron chi connectivity index (χ0n) is 15.2. The quantitative estimate of drug-likeness (QED) is 0.540. The summed E-state index contributed by atoms with van der Waals surface area (Å²) in [6.07, 6.45) is 6.99. The lowest BCUT2D eigenvalue weighted by molar-refractivity contribution is 0.0759. The summed E-state index contributed by atoms with van der Waals surface area (Å²) < 4.78 is 1.85. The maximum atomic E-state index is 12.4. The molecular formula is C22H18N4O2. The van der Waals surface area contributed by atoms with Crippen LogP contribution in [0, 0.1) is 6.92 Å². The Bertz CT molecular complexity index is 1080. The Labute approximate surface area is 162 Å². The molecule has 0 aliphatic heterocycles. The third kappa shape index (κ3) is 3.48. The number of amides is 1. The van der Waals surface area contributed by atoms with E-state index in [2.05, 4.69) is 15.4 Å². The van der Waals surface area contributed by atoms with Crippen LogP contribution in [-0.2, 0) is 0 Å². The molecule has 2 aromatic carbocycles. The largest absolute Gasteiger partial charge is 0.377 e. The minimum Gasteiger partial charge on any atom is -0.377 e. The summed E-state index contributed by atoms with van der Waals surface area (Å²) >= 11 is 0. The maximum Gasteiger partial charge on any atom is 0.283 e. The van der Waals surface area contributed by atoms with Crippen molar-refractivity contribution in [2.45, 2.75) is 6.92 Å². The molecule has 0 fully saturated rings. The van der Waals surface area contributed by atoms with Crippen molar-refractivity contribution in [3.63, 3.8) is 0 Å². The zero-order valence-corrected chi connectivity index (χ0v) is 15.2. The van der Waals surface area contributed by atoms with E-state index in [1.54, 1.807) is 43.0 Å². The first-order valence-corrected chi connectivity index (χ1v) is 8.79. The highest BCUT2D eigenvalue weighted by atomic mass is 16.7. The number of hydrogen-bond acceptors (Lipinski definition) is 4. The van der Waals surface area contributed by atoms with Crippen molar-refractivity contribution in [3.8, 4) is 22.7 Å². The fraction of sp³-hybridized carbons (Fsp3) is 0.0455. The van der Waals surface area contributed by atoms with Gasteiger partial charge in [-0.05, 0) is 19.1 Å². The molecule has 4 aromatic rings. The number of rotatable bonds is 5. The standard InChI is InChI=1S/C22H18N4O2/c1-16-19(26-13-12-23-15-26)14-24-20(17-8-4-2-5-9-17)21(16)28-25-22(27)18-10-6-3-7-11-18/h2-15H,1H3,(H,25,27). The Morgan fingerprint density at radius 2 is 1.75 bits per heavy atom. The molecule has 0 aliphatic rings. The van der Waals surface area contributed by atoms with Gasteiger partial charge in [-0.2, -0.15) is 5.48 Å². The van der Waals surface area contributed by atoms with E-state index in [-0.39, 0.29) is 5.91 Å². The fourth-order valence-corrected chi connectivity index (χ4v) is 2.91. The van der Waals surface area contributed by atoms with Gasteiger partial charge in [0.2, 0.25) is 0 Å². The molecule has 4 rings (SSSR count). The van der Waals surface area contributed by atoms with Gasteiger partial charge in [-0.15, -0.1) is 0 Å². The topological polar surface area (TPSA) is 69.0 Å². The van der Waals surface area contributed by atoms with Gasteiger partial charge in [-0.3, -0.25) is 4.79 Å². The molecule has 2 aromatic heterocycles. The summed E-state index contributed by atoms with van der Waals surface area (Å²) in [5, 5.41) is 0. The number of nitrogens with zero attached hydrogens (tertiary/aromatic N) is 3. The summed E-state index contributed by atoms with van der Waals surface area (Å²) in [6, 6.07) is 18.6. The first kappa shape index (κ1) is 17.5. The number of carbonyl (C=O) groups is 1. The van der Waals surface area contributed by atoms with E-state index in [0.29, 0.717) is 17.0 Å². The summed E-state index contributed by atoms with van der Waals surface area (Å²) in [4.78, 5) is 26.9.